The van der Waals surface area contributed by atoms with Gasteiger partial charge in [0.15, 0.2) is 5.82 Å². The van der Waals surface area contributed by atoms with Crippen molar-refractivity contribution in [3.05, 3.63) is 41.2 Å². The van der Waals surface area contributed by atoms with E-state index >= 15 is 0 Å². The molecule has 0 radical (unpaired) electrons. The van der Waals surface area contributed by atoms with Gasteiger partial charge >= 0.3 is 13.8 Å². The van der Waals surface area contributed by atoms with Gasteiger partial charge in [0, 0.05) is 13.1 Å². The molecular formula is C19H25F3N5O4P. The van der Waals surface area contributed by atoms with Crippen LogP contribution in [-0.2, 0) is 22.1 Å². The highest BCUT2D eigenvalue weighted by atomic mass is 31.2. The first-order valence-electron chi connectivity index (χ1n) is 10.3. The minimum atomic E-state index is -4.38. The van der Waals surface area contributed by atoms with Crippen molar-refractivity contribution in [3.8, 4) is 0 Å². The highest BCUT2D eigenvalue weighted by Crippen LogP contribution is 2.38. The van der Waals surface area contributed by atoms with Gasteiger partial charge in [-0.05, 0) is 55.0 Å². The van der Waals surface area contributed by atoms with Gasteiger partial charge in [0.25, 0.3) is 0 Å². The lowest BCUT2D eigenvalue weighted by molar-refractivity contribution is -0.137. The average molecular weight is 475 g/mol. The molecule has 1 aromatic heterocycles. The molecule has 2 aromatic rings. The van der Waals surface area contributed by atoms with Gasteiger partial charge in [-0.3, -0.25) is 9.36 Å². The minimum absolute atomic E-state index is 0.0222. The Hall–Kier alpha value is -2.30. The topological polar surface area (TPSA) is 121 Å². The molecule has 1 aliphatic heterocycles. The number of benzene rings is 1. The number of likely N-dealkylation sites (tertiary alicyclic amines) is 1. The van der Waals surface area contributed by atoms with Crippen molar-refractivity contribution < 1.29 is 32.3 Å². The second-order valence-corrected chi connectivity index (χ2v) is 9.56. The van der Waals surface area contributed by atoms with Gasteiger partial charge in [0.2, 0.25) is 5.91 Å². The third-order valence-electron chi connectivity index (χ3n) is 5.59. The zero-order valence-electron chi connectivity index (χ0n) is 17.4. The molecular weight excluding hydrogens is 450 g/mol. The summed E-state index contributed by atoms with van der Waals surface area (Å²) in [4.78, 5) is 34.5. The van der Waals surface area contributed by atoms with Crippen LogP contribution in [0.5, 0.6) is 0 Å². The lowest BCUT2D eigenvalue weighted by atomic mass is 9.88. The van der Waals surface area contributed by atoms with E-state index in [0.29, 0.717) is 32.5 Å². The van der Waals surface area contributed by atoms with Gasteiger partial charge in [0.05, 0.1) is 18.3 Å². The summed E-state index contributed by atoms with van der Waals surface area (Å²) in [6.07, 6.45) is -3.84. The molecule has 1 atom stereocenters. The SMILES string of the molecule is CCn1nnc([C@@H](CCP(=O)(O)O)C(=O)N2CCC(c3ccc(C(F)(F)F)cc3)CC2)n1. The summed E-state index contributed by atoms with van der Waals surface area (Å²) in [6.45, 7) is 2.98. The molecule has 9 nitrogen and oxygen atoms in total. The number of piperidine rings is 1. The maximum atomic E-state index is 13.1. The smallest absolute Gasteiger partial charge is 0.342 e. The quantitative estimate of drug-likeness (QED) is 0.591. The molecule has 0 unspecified atom stereocenters. The number of halogens is 3. The van der Waals surface area contributed by atoms with Gasteiger partial charge < -0.3 is 14.7 Å². The molecule has 1 aliphatic rings. The molecule has 1 amide bonds. The van der Waals surface area contributed by atoms with Crippen LogP contribution in [0.25, 0.3) is 0 Å². The first-order valence-corrected chi connectivity index (χ1v) is 12.1. The standard InChI is InChI=1S/C19H25F3N5O4P/c1-2-27-24-17(23-25-27)16(9-12-32(29,30)31)18(28)26-10-7-14(8-11-26)13-3-5-15(6-4-13)19(20,21)22/h3-6,14,16H,2,7-12H2,1H3,(H2,29,30,31)/t16-/m1/s1. The summed E-state index contributed by atoms with van der Waals surface area (Å²) in [7, 11) is -4.32. The van der Waals surface area contributed by atoms with Gasteiger partial charge in [-0.1, -0.05) is 12.1 Å². The molecule has 3 rings (SSSR count). The fourth-order valence-electron chi connectivity index (χ4n) is 3.79. The van der Waals surface area contributed by atoms with Crippen molar-refractivity contribution in [2.45, 2.75) is 50.7 Å². The number of rotatable bonds is 7. The molecule has 1 fully saturated rings. The molecule has 176 valence electrons. The lowest BCUT2D eigenvalue weighted by Gasteiger charge is -2.34. The third kappa shape index (κ3) is 6.14. The van der Waals surface area contributed by atoms with Gasteiger partial charge in [0.1, 0.15) is 5.92 Å². The summed E-state index contributed by atoms with van der Waals surface area (Å²) >= 11 is 0. The molecule has 2 N–H and O–H groups in total. The third-order valence-corrected chi connectivity index (χ3v) is 6.43. The number of carbonyl (C=O) groups is 1. The molecule has 1 saturated heterocycles. The number of carbonyl (C=O) groups excluding carboxylic acids is 1. The van der Waals surface area contributed by atoms with E-state index in [-0.39, 0.29) is 24.1 Å². The van der Waals surface area contributed by atoms with Crippen molar-refractivity contribution in [1.82, 2.24) is 25.1 Å². The number of alkyl halides is 3. The van der Waals surface area contributed by atoms with E-state index in [2.05, 4.69) is 15.4 Å². The number of tetrazole rings is 1. The van der Waals surface area contributed by atoms with Gasteiger partial charge in [-0.15, -0.1) is 10.2 Å². The van der Waals surface area contributed by atoms with Crippen LogP contribution in [0.15, 0.2) is 24.3 Å². The highest BCUT2D eigenvalue weighted by Gasteiger charge is 2.34. The first-order chi connectivity index (χ1) is 15.0. The van der Waals surface area contributed by atoms with E-state index < -0.39 is 31.4 Å². The minimum Gasteiger partial charge on any atom is -0.342 e. The maximum absolute atomic E-state index is 13.1. The Morgan fingerprint density at radius 1 is 1.22 bits per heavy atom. The van der Waals surface area contributed by atoms with Crippen LogP contribution in [-0.4, -0.2) is 60.1 Å². The molecule has 0 saturated carbocycles. The van der Waals surface area contributed by atoms with E-state index in [1.54, 1.807) is 11.8 Å². The second kappa shape index (κ2) is 9.68. The summed E-state index contributed by atoms with van der Waals surface area (Å²) in [5, 5.41) is 11.9. The monoisotopic (exact) mass is 475 g/mol. The van der Waals surface area contributed by atoms with Crippen molar-refractivity contribution in [2.75, 3.05) is 19.3 Å². The van der Waals surface area contributed by atoms with E-state index in [9.17, 15) is 32.3 Å². The fraction of sp³-hybridized carbons (Fsp3) is 0.579. The molecule has 13 heteroatoms. The number of aromatic nitrogens is 4. The molecule has 1 aromatic carbocycles. The van der Waals surface area contributed by atoms with E-state index in [4.69, 9.17) is 0 Å². The molecule has 0 aliphatic carbocycles. The second-order valence-electron chi connectivity index (χ2n) is 7.79. The van der Waals surface area contributed by atoms with Gasteiger partial charge in [-0.2, -0.15) is 18.0 Å². The average Bonchev–Trinajstić information content (AvgIpc) is 3.21. The largest absolute Gasteiger partial charge is 0.416 e. The van der Waals surface area contributed by atoms with E-state index in [0.717, 1.165) is 17.7 Å². The maximum Gasteiger partial charge on any atom is 0.416 e. The van der Waals surface area contributed by atoms with Crippen molar-refractivity contribution in [2.24, 2.45) is 0 Å². The van der Waals surface area contributed by atoms with E-state index in [1.165, 1.54) is 16.9 Å². The number of hydrogen-bond acceptors (Lipinski definition) is 5. The van der Waals surface area contributed by atoms with Crippen LogP contribution in [0.3, 0.4) is 0 Å². The first kappa shape index (κ1) is 24.3. The predicted molar refractivity (Wildman–Crippen MR) is 108 cm³/mol. The Morgan fingerprint density at radius 2 is 1.84 bits per heavy atom. The molecule has 2 heterocycles. The Bertz CT molecular complexity index is 968. The van der Waals surface area contributed by atoms with Crippen LogP contribution in [0.1, 0.15) is 55.0 Å². The predicted octanol–water partition coefficient (Wildman–Crippen LogP) is 2.77. The Labute approximate surface area is 182 Å². The summed E-state index contributed by atoms with van der Waals surface area (Å²) in [6, 6.07) is 5.07. The zero-order valence-corrected chi connectivity index (χ0v) is 18.3. The zero-order chi connectivity index (χ0) is 23.5. The molecule has 0 bridgehead atoms. The van der Waals surface area contributed by atoms with E-state index in [1.807, 2.05) is 0 Å². The Balaban J connectivity index is 1.67. The van der Waals surface area contributed by atoms with Crippen molar-refractivity contribution >= 4 is 13.5 Å². The van der Waals surface area contributed by atoms with Crippen LogP contribution in [0, 0.1) is 0 Å². The number of nitrogens with zero attached hydrogens (tertiary/aromatic N) is 5. The van der Waals surface area contributed by atoms with Crippen molar-refractivity contribution in [3.63, 3.8) is 0 Å². The number of hydrogen-bond donors (Lipinski definition) is 2. The number of amides is 1. The normalized spacial score (nSPS) is 16.9. The van der Waals surface area contributed by atoms with Crippen LogP contribution < -0.4 is 0 Å². The Morgan fingerprint density at radius 3 is 2.34 bits per heavy atom. The van der Waals surface area contributed by atoms with Crippen LogP contribution in [0.4, 0.5) is 13.2 Å². The molecule has 32 heavy (non-hydrogen) atoms. The molecule has 0 spiro atoms. The fourth-order valence-corrected chi connectivity index (χ4v) is 4.38. The van der Waals surface area contributed by atoms with Crippen LogP contribution >= 0.6 is 7.60 Å². The summed E-state index contributed by atoms with van der Waals surface area (Å²) < 4.78 is 49.7. The highest BCUT2D eigenvalue weighted by molar-refractivity contribution is 7.51. The summed E-state index contributed by atoms with van der Waals surface area (Å²) in [5.41, 5.74) is 0.0880. The van der Waals surface area contributed by atoms with Crippen LogP contribution in [0.2, 0.25) is 0 Å². The van der Waals surface area contributed by atoms with Gasteiger partial charge in [-0.25, -0.2) is 0 Å². The number of aryl methyl sites for hydroxylation is 1. The van der Waals surface area contributed by atoms with Crippen molar-refractivity contribution in [1.29, 1.82) is 0 Å². The Kier molecular flexibility index (Phi) is 7.36. The lowest BCUT2D eigenvalue weighted by Crippen LogP contribution is -2.41. The summed E-state index contributed by atoms with van der Waals surface area (Å²) in [5.74, 6) is -1.12.